The van der Waals surface area contributed by atoms with E-state index in [1.54, 1.807) is 18.2 Å². The van der Waals surface area contributed by atoms with Gasteiger partial charge < -0.3 is 5.11 Å². The maximum Gasteiger partial charge on any atom is 0.165 e. The van der Waals surface area contributed by atoms with Gasteiger partial charge in [-0.15, -0.1) is 0 Å². The van der Waals surface area contributed by atoms with Crippen LogP contribution in [0.4, 0.5) is 4.39 Å². The number of allylic oxidation sites excluding steroid dienone is 2. The van der Waals surface area contributed by atoms with Crippen molar-refractivity contribution in [3.05, 3.63) is 52.9 Å². The summed E-state index contributed by atoms with van der Waals surface area (Å²) in [5, 5.41) is 10.2. The molecule has 0 saturated heterocycles. The number of hydrogen-bond donors (Lipinski definition) is 1. The molecule has 0 spiro atoms. The third kappa shape index (κ3) is 2.80. The summed E-state index contributed by atoms with van der Waals surface area (Å²) in [5.41, 5.74) is 2.64. The van der Waals surface area contributed by atoms with Crippen molar-refractivity contribution in [3.63, 3.8) is 0 Å². The highest BCUT2D eigenvalue weighted by Crippen LogP contribution is 2.64. The average molecular weight is 395 g/mol. The molecule has 29 heavy (non-hydrogen) atoms. The average Bonchev–Trinajstić information content (AvgIpc) is 2.95. The first-order chi connectivity index (χ1) is 13.8. The lowest BCUT2D eigenvalue weighted by Crippen LogP contribution is -2.50. The molecule has 0 bridgehead atoms. The molecule has 0 unspecified atom stereocenters. The van der Waals surface area contributed by atoms with Gasteiger partial charge in [0.05, 0.1) is 6.10 Å². The highest BCUT2D eigenvalue weighted by Gasteiger charge is 2.59. The fourth-order valence-corrected chi connectivity index (χ4v) is 7.22. The molecule has 3 saturated carbocycles. The highest BCUT2D eigenvalue weighted by atomic mass is 19.1. The van der Waals surface area contributed by atoms with E-state index in [4.69, 9.17) is 0 Å². The summed E-state index contributed by atoms with van der Waals surface area (Å²) in [6, 6.07) is 6.73. The van der Waals surface area contributed by atoms with E-state index in [1.165, 1.54) is 11.6 Å². The summed E-state index contributed by atoms with van der Waals surface area (Å²) >= 11 is 0. The summed E-state index contributed by atoms with van der Waals surface area (Å²) in [5.74, 6) is 1.42. The van der Waals surface area contributed by atoms with Gasteiger partial charge in [0.1, 0.15) is 5.82 Å². The Morgan fingerprint density at radius 1 is 1.07 bits per heavy atom. The Morgan fingerprint density at radius 3 is 2.62 bits per heavy atom. The maximum absolute atomic E-state index is 14.2. The van der Waals surface area contributed by atoms with E-state index in [1.807, 2.05) is 6.07 Å². The number of halogens is 1. The Hall–Kier alpha value is -1.74. The zero-order chi connectivity index (χ0) is 20.4. The van der Waals surface area contributed by atoms with Crippen LogP contribution in [-0.2, 0) is 4.79 Å². The van der Waals surface area contributed by atoms with Crippen molar-refractivity contribution in [2.24, 2.45) is 28.6 Å². The summed E-state index contributed by atoms with van der Waals surface area (Å²) < 4.78 is 14.2. The van der Waals surface area contributed by atoms with E-state index >= 15 is 0 Å². The minimum Gasteiger partial charge on any atom is -0.393 e. The van der Waals surface area contributed by atoms with E-state index in [9.17, 15) is 14.3 Å². The third-order valence-electron chi connectivity index (χ3n) is 8.95. The van der Waals surface area contributed by atoms with Crippen molar-refractivity contribution in [1.82, 2.24) is 0 Å². The molecular weight excluding hydrogens is 363 g/mol. The molecule has 0 heterocycles. The van der Waals surface area contributed by atoms with Crippen molar-refractivity contribution in [2.75, 3.05) is 0 Å². The van der Waals surface area contributed by atoms with Gasteiger partial charge in [0.15, 0.2) is 5.78 Å². The van der Waals surface area contributed by atoms with Crippen LogP contribution in [0.1, 0.15) is 64.4 Å². The van der Waals surface area contributed by atoms with Gasteiger partial charge in [0.2, 0.25) is 0 Å². The number of Topliss-reactive ketones (excluding diaryl/α,β-unsaturated/α-hetero) is 1. The van der Waals surface area contributed by atoms with Gasteiger partial charge in [-0.3, -0.25) is 4.79 Å². The van der Waals surface area contributed by atoms with Gasteiger partial charge in [-0.1, -0.05) is 43.7 Å². The van der Waals surface area contributed by atoms with Crippen LogP contribution in [0.2, 0.25) is 0 Å². The van der Waals surface area contributed by atoms with Gasteiger partial charge in [0.25, 0.3) is 0 Å². The molecule has 4 aliphatic rings. The van der Waals surface area contributed by atoms with E-state index in [-0.39, 0.29) is 28.5 Å². The molecule has 6 atom stereocenters. The molecule has 1 aromatic rings. The lowest BCUT2D eigenvalue weighted by molar-refractivity contribution is -0.130. The molecule has 2 nitrogen and oxygen atoms in total. The minimum atomic E-state index is -0.311. The Morgan fingerprint density at radius 2 is 1.83 bits per heavy atom. The van der Waals surface area contributed by atoms with E-state index < -0.39 is 0 Å². The first-order valence-electron chi connectivity index (χ1n) is 11.2. The Kier molecular flexibility index (Phi) is 4.40. The van der Waals surface area contributed by atoms with Crippen LogP contribution >= 0.6 is 0 Å². The predicted molar refractivity (Wildman–Crippen MR) is 112 cm³/mol. The molecule has 4 aliphatic carbocycles. The SMILES string of the molecule is C[C@]12CC[C@H](O)CC1=CC[C@H]1[C@H]2CC[C@]2(C)C(=O)/C(=C/c3ccccc3F)C[C@H]12. The molecule has 0 aromatic heterocycles. The lowest BCUT2D eigenvalue weighted by Gasteiger charge is -2.56. The Balaban J connectivity index is 1.49. The molecule has 0 aliphatic heterocycles. The van der Waals surface area contributed by atoms with Gasteiger partial charge in [-0.2, -0.15) is 0 Å². The number of aliphatic hydroxyl groups is 1. The number of carbonyl (C=O) groups excluding carboxylic acids is 1. The molecule has 3 fully saturated rings. The number of fused-ring (bicyclic) bond motifs is 5. The van der Waals surface area contributed by atoms with Gasteiger partial charge in [-0.05, 0) is 85.8 Å². The molecule has 3 heteroatoms. The van der Waals surface area contributed by atoms with Crippen LogP contribution in [0.3, 0.4) is 0 Å². The molecule has 1 N–H and O–H groups in total. The van der Waals surface area contributed by atoms with E-state index in [0.29, 0.717) is 23.3 Å². The second-order valence-corrected chi connectivity index (χ2v) is 10.3. The normalized spacial score (nSPS) is 42.8. The number of benzene rings is 1. The Labute approximate surface area is 172 Å². The van der Waals surface area contributed by atoms with Crippen molar-refractivity contribution in [2.45, 2.75) is 64.9 Å². The van der Waals surface area contributed by atoms with Gasteiger partial charge in [-0.25, -0.2) is 4.39 Å². The summed E-state index contributed by atoms with van der Waals surface area (Å²) in [7, 11) is 0. The zero-order valence-corrected chi connectivity index (χ0v) is 17.5. The van der Waals surface area contributed by atoms with Gasteiger partial charge in [0, 0.05) is 11.0 Å². The third-order valence-corrected chi connectivity index (χ3v) is 8.95. The maximum atomic E-state index is 14.2. The monoisotopic (exact) mass is 394 g/mol. The van der Waals surface area contributed by atoms with Crippen LogP contribution in [-0.4, -0.2) is 17.0 Å². The molecular formula is C26H31FO2. The quantitative estimate of drug-likeness (QED) is 0.489. The number of ketones is 1. The summed E-state index contributed by atoms with van der Waals surface area (Å²) in [6.07, 6.45) is 10.6. The van der Waals surface area contributed by atoms with Crippen molar-refractivity contribution in [3.8, 4) is 0 Å². The Bertz CT molecular complexity index is 915. The molecule has 1 aromatic carbocycles. The van der Waals surface area contributed by atoms with Gasteiger partial charge >= 0.3 is 0 Å². The standard InChI is InChI=1S/C26H31FO2/c1-25-11-9-19(28)15-18(25)7-8-20-21(25)10-12-26(2)22(20)14-17(24(26)29)13-16-5-3-4-6-23(16)27/h3-7,13,19-22,28H,8-12,14-15H2,1-2H3/b17-13+/t19-,20-,21+,22+,25-,26-/m0/s1. The number of carbonyl (C=O) groups is 1. The molecule has 5 rings (SSSR count). The fraction of sp³-hybridized carbons (Fsp3) is 0.577. The van der Waals surface area contributed by atoms with Crippen molar-refractivity contribution < 1.29 is 14.3 Å². The predicted octanol–water partition coefficient (Wildman–Crippen LogP) is 5.71. The molecule has 154 valence electrons. The largest absolute Gasteiger partial charge is 0.393 e. The van der Waals surface area contributed by atoms with Crippen LogP contribution < -0.4 is 0 Å². The molecule has 0 radical (unpaired) electrons. The van der Waals surface area contributed by atoms with E-state index in [2.05, 4.69) is 19.9 Å². The lowest BCUT2D eigenvalue weighted by atomic mass is 9.48. The topological polar surface area (TPSA) is 37.3 Å². The number of aliphatic hydroxyl groups excluding tert-OH is 1. The first kappa shape index (κ1) is 19.2. The summed E-state index contributed by atoms with van der Waals surface area (Å²) in [4.78, 5) is 13.4. The highest BCUT2D eigenvalue weighted by molar-refractivity contribution is 6.06. The molecule has 0 amide bonds. The number of hydrogen-bond acceptors (Lipinski definition) is 2. The van der Waals surface area contributed by atoms with Crippen molar-refractivity contribution >= 4 is 11.9 Å². The second-order valence-electron chi connectivity index (χ2n) is 10.3. The minimum absolute atomic E-state index is 0.171. The van der Waals surface area contributed by atoms with Crippen molar-refractivity contribution in [1.29, 1.82) is 0 Å². The van der Waals surface area contributed by atoms with Crippen LogP contribution in [0.5, 0.6) is 0 Å². The van der Waals surface area contributed by atoms with E-state index in [0.717, 1.165) is 50.5 Å². The smallest absolute Gasteiger partial charge is 0.165 e. The summed E-state index contributed by atoms with van der Waals surface area (Å²) in [6.45, 7) is 4.56. The first-order valence-corrected chi connectivity index (χ1v) is 11.2. The van der Waals surface area contributed by atoms with Crippen LogP contribution in [0.25, 0.3) is 6.08 Å². The zero-order valence-electron chi connectivity index (χ0n) is 17.5. The van der Waals surface area contributed by atoms with Crippen LogP contribution in [0, 0.1) is 34.4 Å². The number of rotatable bonds is 1. The second kappa shape index (κ2) is 6.63. The fourth-order valence-electron chi connectivity index (χ4n) is 7.22. The van der Waals surface area contributed by atoms with Crippen LogP contribution in [0.15, 0.2) is 41.5 Å².